The summed E-state index contributed by atoms with van der Waals surface area (Å²) in [4.78, 5) is 7.79. The lowest BCUT2D eigenvalue weighted by Gasteiger charge is -2.11. The number of H-pyrrole nitrogens is 1. The molecular formula is C10H11N3. The molecule has 0 bridgehead atoms. The zero-order valence-corrected chi connectivity index (χ0v) is 7.30. The topological polar surface area (TPSA) is 40.7 Å². The molecule has 3 nitrogen and oxygen atoms in total. The van der Waals surface area contributed by atoms with E-state index in [0.29, 0.717) is 0 Å². The summed E-state index contributed by atoms with van der Waals surface area (Å²) in [6.07, 6.45) is 2.95. The zero-order valence-electron chi connectivity index (χ0n) is 7.30. The Bertz CT molecular complexity index is 444. The summed E-state index contributed by atoms with van der Waals surface area (Å²) in [6.45, 7) is 2.02. The first-order valence-corrected chi connectivity index (χ1v) is 4.60. The molecular weight excluding hydrogens is 162 g/mol. The Morgan fingerprint density at radius 3 is 3.38 bits per heavy atom. The van der Waals surface area contributed by atoms with E-state index in [1.54, 1.807) is 0 Å². The van der Waals surface area contributed by atoms with Gasteiger partial charge in [0.1, 0.15) is 0 Å². The van der Waals surface area contributed by atoms with Gasteiger partial charge in [-0.2, -0.15) is 0 Å². The van der Waals surface area contributed by atoms with Gasteiger partial charge in [0.05, 0.1) is 11.0 Å². The van der Waals surface area contributed by atoms with Crippen LogP contribution in [-0.2, 0) is 13.0 Å². The van der Waals surface area contributed by atoms with Gasteiger partial charge in [0, 0.05) is 24.0 Å². The molecule has 2 N–H and O–H groups in total. The first-order valence-electron chi connectivity index (χ1n) is 4.60. The summed E-state index contributed by atoms with van der Waals surface area (Å²) in [5.41, 5.74) is 5.02. The van der Waals surface area contributed by atoms with Gasteiger partial charge in [-0.15, -0.1) is 0 Å². The van der Waals surface area contributed by atoms with E-state index in [9.17, 15) is 0 Å². The number of hydrogen-bond donors (Lipinski definition) is 2. The molecule has 0 unspecified atom stereocenters. The predicted octanol–water partition coefficient (Wildman–Crippen LogP) is 1.21. The van der Waals surface area contributed by atoms with Crippen molar-refractivity contribution >= 4 is 11.0 Å². The van der Waals surface area contributed by atoms with Gasteiger partial charge in [0.15, 0.2) is 0 Å². The SMILES string of the molecule is c1cnc2c3c([nH]c2c1)CNCC3. The van der Waals surface area contributed by atoms with Gasteiger partial charge in [-0.1, -0.05) is 0 Å². The molecule has 0 fully saturated rings. The lowest BCUT2D eigenvalue weighted by molar-refractivity contribution is 0.637. The average molecular weight is 173 g/mol. The number of rotatable bonds is 0. The van der Waals surface area contributed by atoms with Crippen LogP contribution < -0.4 is 5.32 Å². The molecule has 0 aromatic carbocycles. The Hall–Kier alpha value is -1.35. The van der Waals surface area contributed by atoms with Gasteiger partial charge in [0.2, 0.25) is 0 Å². The van der Waals surface area contributed by atoms with Gasteiger partial charge >= 0.3 is 0 Å². The minimum Gasteiger partial charge on any atom is -0.356 e. The molecule has 2 aromatic rings. The molecule has 13 heavy (non-hydrogen) atoms. The molecule has 3 heterocycles. The fourth-order valence-electron chi connectivity index (χ4n) is 1.97. The standard InChI is InChI=1S/C10H11N3/c1-2-8-10(12-4-1)7-3-5-11-6-9(7)13-8/h1-2,4,11,13H,3,5-6H2. The Morgan fingerprint density at radius 1 is 1.38 bits per heavy atom. The minimum atomic E-state index is 0.950. The van der Waals surface area contributed by atoms with E-state index < -0.39 is 0 Å². The zero-order chi connectivity index (χ0) is 8.67. The van der Waals surface area contributed by atoms with Crippen LogP contribution in [-0.4, -0.2) is 16.5 Å². The van der Waals surface area contributed by atoms with Gasteiger partial charge < -0.3 is 10.3 Å². The van der Waals surface area contributed by atoms with Crippen molar-refractivity contribution in [2.24, 2.45) is 0 Å². The maximum absolute atomic E-state index is 4.40. The van der Waals surface area contributed by atoms with Crippen molar-refractivity contribution < 1.29 is 0 Å². The van der Waals surface area contributed by atoms with E-state index in [2.05, 4.69) is 21.4 Å². The highest BCUT2D eigenvalue weighted by molar-refractivity contribution is 5.80. The number of aromatic amines is 1. The van der Waals surface area contributed by atoms with Crippen LogP contribution >= 0.6 is 0 Å². The number of pyridine rings is 1. The van der Waals surface area contributed by atoms with E-state index in [4.69, 9.17) is 0 Å². The molecule has 2 aromatic heterocycles. The lowest BCUT2D eigenvalue weighted by Crippen LogP contribution is -2.23. The first-order chi connectivity index (χ1) is 6.45. The highest BCUT2D eigenvalue weighted by Crippen LogP contribution is 2.22. The molecule has 0 radical (unpaired) electrons. The average Bonchev–Trinajstić information content (AvgIpc) is 2.56. The van der Waals surface area contributed by atoms with E-state index in [-0.39, 0.29) is 0 Å². The highest BCUT2D eigenvalue weighted by atomic mass is 14.9. The quantitative estimate of drug-likeness (QED) is 0.628. The van der Waals surface area contributed by atoms with Crippen molar-refractivity contribution in [3.05, 3.63) is 29.6 Å². The van der Waals surface area contributed by atoms with Crippen LogP contribution in [0.25, 0.3) is 11.0 Å². The summed E-state index contributed by atoms with van der Waals surface area (Å²) >= 11 is 0. The number of nitrogens with zero attached hydrogens (tertiary/aromatic N) is 1. The fourth-order valence-corrected chi connectivity index (χ4v) is 1.97. The van der Waals surface area contributed by atoms with Crippen LogP contribution in [0.5, 0.6) is 0 Å². The van der Waals surface area contributed by atoms with E-state index in [1.165, 1.54) is 11.3 Å². The van der Waals surface area contributed by atoms with Crippen LogP contribution in [0.15, 0.2) is 18.3 Å². The lowest BCUT2D eigenvalue weighted by atomic mass is 10.1. The largest absolute Gasteiger partial charge is 0.356 e. The highest BCUT2D eigenvalue weighted by Gasteiger charge is 2.14. The van der Waals surface area contributed by atoms with Crippen LogP contribution in [0, 0.1) is 0 Å². The summed E-state index contributed by atoms with van der Waals surface area (Å²) < 4.78 is 0. The third kappa shape index (κ3) is 0.971. The predicted molar refractivity (Wildman–Crippen MR) is 51.5 cm³/mol. The first kappa shape index (κ1) is 7.09. The van der Waals surface area contributed by atoms with Gasteiger partial charge in [-0.25, -0.2) is 0 Å². The van der Waals surface area contributed by atoms with Crippen LogP contribution in [0.4, 0.5) is 0 Å². The molecule has 3 heteroatoms. The smallest absolute Gasteiger partial charge is 0.0914 e. The second-order valence-electron chi connectivity index (χ2n) is 3.41. The maximum Gasteiger partial charge on any atom is 0.0914 e. The Morgan fingerprint density at radius 2 is 2.38 bits per heavy atom. The van der Waals surface area contributed by atoms with Crippen molar-refractivity contribution in [1.29, 1.82) is 0 Å². The molecule has 1 aliphatic heterocycles. The summed E-state index contributed by atoms with van der Waals surface area (Å²) in [5, 5.41) is 3.34. The molecule has 0 spiro atoms. The Labute approximate surface area is 76.2 Å². The molecule has 0 atom stereocenters. The fraction of sp³-hybridized carbons (Fsp3) is 0.300. The molecule has 0 aliphatic carbocycles. The second kappa shape index (κ2) is 2.57. The van der Waals surface area contributed by atoms with Crippen LogP contribution in [0.2, 0.25) is 0 Å². The van der Waals surface area contributed by atoms with Crippen molar-refractivity contribution in [1.82, 2.24) is 15.3 Å². The second-order valence-corrected chi connectivity index (χ2v) is 3.41. The van der Waals surface area contributed by atoms with Gasteiger partial charge in [0.25, 0.3) is 0 Å². The Balaban J connectivity index is 2.34. The minimum absolute atomic E-state index is 0.950. The summed E-state index contributed by atoms with van der Waals surface area (Å²) in [6, 6.07) is 4.05. The molecule has 1 aliphatic rings. The van der Waals surface area contributed by atoms with Gasteiger partial charge in [-0.3, -0.25) is 4.98 Å². The van der Waals surface area contributed by atoms with Crippen molar-refractivity contribution in [3.63, 3.8) is 0 Å². The summed E-state index contributed by atoms with van der Waals surface area (Å²) in [7, 11) is 0. The van der Waals surface area contributed by atoms with Crippen LogP contribution in [0.3, 0.4) is 0 Å². The van der Waals surface area contributed by atoms with Crippen LogP contribution in [0.1, 0.15) is 11.3 Å². The molecule has 0 saturated heterocycles. The molecule has 66 valence electrons. The third-order valence-electron chi connectivity index (χ3n) is 2.60. The van der Waals surface area contributed by atoms with E-state index >= 15 is 0 Å². The number of fused-ring (bicyclic) bond motifs is 3. The van der Waals surface area contributed by atoms with Gasteiger partial charge in [-0.05, 0) is 25.1 Å². The van der Waals surface area contributed by atoms with Crippen molar-refractivity contribution in [2.45, 2.75) is 13.0 Å². The van der Waals surface area contributed by atoms with E-state index in [0.717, 1.165) is 30.5 Å². The number of aromatic nitrogens is 2. The summed E-state index contributed by atoms with van der Waals surface area (Å²) in [5.74, 6) is 0. The van der Waals surface area contributed by atoms with E-state index in [1.807, 2.05) is 12.3 Å². The van der Waals surface area contributed by atoms with Crippen molar-refractivity contribution in [3.8, 4) is 0 Å². The van der Waals surface area contributed by atoms with Crippen molar-refractivity contribution in [2.75, 3.05) is 6.54 Å². The molecule has 0 saturated carbocycles. The molecule has 0 amide bonds. The molecule has 3 rings (SSSR count). The normalized spacial score (nSPS) is 16.0. The maximum atomic E-state index is 4.40. The number of hydrogen-bond acceptors (Lipinski definition) is 2. The monoisotopic (exact) mass is 173 g/mol. The Kier molecular flexibility index (Phi) is 1.40. The third-order valence-corrected chi connectivity index (χ3v) is 2.60. The number of nitrogens with one attached hydrogen (secondary N) is 2.